The number of hydrogen-bond donors (Lipinski definition) is 0. The summed E-state index contributed by atoms with van der Waals surface area (Å²) in [5.41, 5.74) is 6.30. The molecule has 0 radical (unpaired) electrons. The highest BCUT2D eigenvalue weighted by Crippen LogP contribution is 2.69. The number of furan rings is 1. The Balaban J connectivity index is 0.918. The molecule has 11 atom stereocenters. The average Bonchev–Trinajstić information content (AvgIpc) is 3.53. The lowest BCUT2D eigenvalue weighted by molar-refractivity contribution is -0.188. The zero-order valence-electron chi connectivity index (χ0n) is 28.0. The van der Waals surface area contributed by atoms with Crippen LogP contribution in [0.15, 0.2) is 83.3 Å². The van der Waals surface area contributed by atoms with Gasteiger partial charge in [0.05, 0.1) is 0 Å². The van der Waals surface area contributed by atoms with Crippen molar-refractivity contribution in [1.82, 2.24) is 0 Å². The molecule has 1 nitrogen and oxygen atoms in total. The molecule has 0 aliphatic heterocycles. The zero-order chi connectivity index (χ0) is 30.6. The summed E-state index contributed by atoms with van der Waals surface area (Å²) in [6, 6.07) is 29.7. The van der Waals surface area contributed by atoms with Crippen molar-refractivity contribution in [3.63, 3.8) is 0 Å². The Bertz CT molecular complexity index is 1980. The molecule has 1 heteroatoms. The van der Waals surface area contributed by atoms with Crippen LogP contribution in [0.1, 0.15) is 95.0 Å². The molecule has 0 bridgehead atoms. The van der Waals surface area contributed by atoms with Gasteiger partial charge < -0.3 is 4.42 Å². The molecule has 1 heterocycles. The van der Waals surface area contributed by atoms with Crippen LogP contribution >= 0.6 is 0 Å². The maximum Gasteiger partial charge on any atom is 0.143 e. The van der Waals surface area contributed by atoms with Gasteiger partial charge >= 0.3 is 0 Å². The van der Waals surface area contributed by atoms with Gasteiger partial charge in [-0.1, -0.05) is 86.3 Å². The van der Waals surface area contributed by atoms with E-state index in [2.05, 4.69) is 78.9 Å². The highest BCUT2D eigenvalue weighted by atomic mass is 16.3. The minimum atomic E-state index is 0.725. The molecule has 6 fully saturated rings. The van der Waals surface area contributed by atoms with Crippen LogP contribution in [-0.2, 0) is 0 Å². The normalized spacial score (nSPS) is 37.7. The molecule has 240 valence electrons. The Kier molecular flexibility index (Phi) is 6.35. The molecule has 0 N–H and O–H groups in total. The van der Waals surface area contributed by atoms with Crippen LogP contribution < -0.4 is 0 Å². The van der Waals surface area contributed by atoms with E-state index >= 15 is 0 Å². The van der Waals surface area contributed by atoms with E-state index in [0.29, 0.717) is 0 Å². The van der Waals surface area contributed by atoms with Crippen molar-refractivity contribution in [3.8, 4) is 11.1 Å². The predicted octanol–water partition coefficient (Wildman–Crippen LogP) is 12.8. The van der Waals surface area contributed by atoms with Crippen molar-refractivity contribution in [3.05, 3.63) is 84.4 Å². The first-order valence-corrected chi connectivity index (χ1v) is 19.7. The molecule has 0 saturated heterocycles. The summed E-state index contributed by atoms with van der Waals surface area (Å²) in [5, 5.41) is 4.90. The van der Waals surface area contributed by atoms with Gasteiger partial charge in [-0.25, -0.2) is 0 Å². The molecule has 5 aromatic rings. The van der Waals surface area contributed by atoms with Crippen LogP contribution in [0.25, 0.3) is 43.8 Å². The van der Waals surface area contributed by atoms with Gasteiger partial charge in [-0.2, -0.15) is 0 Å². The molecule has 11 unspecified atom stereocenters. The molecule has 1 aromatic heterocycles. The van der Waals surface area contributed by atoms with Crippen LogP contribution in [0.3, 0.4) is 0 Å². The summed E-state index contributed by atoms with van der Waals surface area (Å²) in [4.78, 5) is 0. The van der Waals surface area contributed by atoms with E-state index in [1.807, 2.05) is 0 Å². The fourth-order valence-corrected chi connectivity index (χ4v) is 14.2. The Labute approximate surface area is 280 Å². The smallest absolute Gasteiger partial charge is 0.143 e. The van der Waals surface area contributed by atoms with Gasteiger partial charge in [0.2, 0.25) is 0 Å². The number of fused-ring (bicyclic) bond motifs is 11. The van der Waals surface area contributed by atoms with Crippen molar-refractivity contribution < 1.29 is 4.42 Å². The summed E-state index contributed by atoms with van der Waals surface area (Å²) in [5.74, 6) is 11.4. The van der Waals surface area contributed by atoms with Crippen molar-refractivity contribution in [2.24, 2.45) is 59.2 Å². The maximum absolute atomic E-state index is 6.45. The molecule has 11 rings (SSSR count). The van der Waals surface area contributed by atoms with E-state index in [-0.39, 0.29) is 0 Å². The lowest BCUT2D eigenvalue weighted by Gasteiger charge is -2.67. The quantitative estimate of drug-likeness (QED) is 0.192. The van der Waals surface area contributed by atoms with E-state index in [0.717, 1.165) is 76.3 Å². The summed E-state index contributed by atoms with van der Waals surface area (Å²) < 4.78 is 6.45. The van der Waals surface area contributed by atoms with Crippen molar-refractivity contribution >= 4 is 32.7 Å². The van der Waals surface area contributed by atoms with Crippen LogP contribution in [0.5, 0.6) is 0 Å². The Morgan fingerprint density at radius 1 is 0.447 bits per heavy atom. The fraction of sp³-hybridized carbons (Fsp3) is 0.522. The van der Waals surface area contributed by atoms with Gasteiger partial charge in [0, 0.05) is 16.2 Å². The number of rotatable bonds is 2. The zero-order valence-corrected chi connectivity index (χ0v) is 28.0. The molecule has 4 aromatic carbocycles. The summed E-state index contributed by atoms with van der Waals surface area (Å²) >= 11 is 0. The lowest BCUT2D eigenvalue weighted by atomic mass is 9.37. The number of benzene rings is 4. The number of hydrogen-bond acceptors (Lipinski definition) is 1. The van der Waals surface area contributed by atoms with E-state index in [4.69, 9.17) is 4.42 Å². The van der Waals surface area contributed by atoms with Crippen molar-refractivity contribution in [1.29, 1.82) is 0 Å². The van der Waals surface area contributed by atoms with Crippen molar-refractivity contribution in [2.75, 3.05) is 0 Å². The third kappa shape index (κ3) is 4.13. The first-order chi connectivity index (χ1) is 23.3. The first-order valence-electron chi connectivity index (χ1n) is 19.7. The van der Waals surface area contributed by atoms with Gasteiger partial charge in [-0.05, 0) is 163 Å². The monoisotopic (exact) mass is 618 g/mol. The molecular weight excluding hydrogens is 569 g/mol. The van der Waals surface area contributed by atoms with E-state index in [1.165, 1.54) is 77.6 Å². The van der Waals surface area contributed by atoms with E-state index in [1.54, 1.807) is 44.1 Å². The van der Waals surface area contributed by atoms with Crippen LogP contribution in [0.2, 0.25) is 0 Å². The minimum Gasteiger partial charge on any atom is -0.455 e. The van der Waals surface area contributed by atoms with Crippen LogP contribution in [-0.4, -0.2) is 0 Å². The largest absolute Gasteiger partial charge is 0.455 e. The predicted molar refractivity (Wildman–Crippen MR) is 194 cm³/mol. The van der Waals surface area contributed by atoms with Crippen LogP contribution in [0, 0.1) is 59.2 Å². The second kappa shape index (κ2) is 10.7. The first kappa shape index (κ1) is 27.8. The molecule has 6 aliphatic carbocycles. The van der Waals surface area contributed by atoms with E-state index in [9.17, 15) is 0 Å². The molecule has 0 spiro atoms. The van der Waals surface area contributed by atoms with Gasteiger partial charge in [0.1, 0.15) is 11.2 Å². The third-order valence-corrected chi connectivity index (χ3v) is 15.7. The topological polar surface area (TPSA) is 13.1 Å². The van der Waals surface area contributed by atoms with Crippen molar-refractivity contribution in [2.45, 2.75) is 89.4 Å². The molecule has 6 aliphatic rings. The summed E-state index contributed by atoms with van der Waals surface area (Å²) in [6.07, 6.45) is 19.9. The standard InChI is InChI=1S/C46H50O/c1-2-11-32-27(8-1)18-22-40-42-26-31(20-23-43(42)47-46(32)40)29-10-5-9-28(24-29)30-19-21-35-38-16-6-14-36-33-12-3-4-13-34(33)37-15-7-17-39(41(35)25-30)45(37)44(36)38/h1-2,5,8-11,18,20,22-24,26,30,33-39,41,44-45H,3-4,6-7,12-17,19,21,25H2. The highest BCUT2D eigenvalue weighted by Gasteiger charge is 2.62. The summed E-state index contributed by atoms with van der Waals surface area (Å²) in [6.45, 7) is 0. The average molecular weight is 619 g/mol. The minimum absolute atomic E-state index is 0.725. The van der Waals surface area contributed by atoms with Gasteiger partial charge in [0.25, 0.3) is 0 Å². The molecule has 0 amide bonds. The van der Waals surface area contributed by atoms with Gasteiger partial charge in [-0.3, -0.25) is 0 Å². The molecule has 47 heavy (non-hydrogen) atoms. The molecule has 6 saturated carbocycles. The van der Waals surface area contributed by atoms with Gasteiger partial charge in [0.15, 0.2) is 0 Å². The third-order valence-electron chi connectivity index (χ3n) is 15.7. The molecular formula is C46H50O. The van der Waals surface area contributed by atoms with E-state index < -0.39 is 0 Å². The fourth-order valence-electron chi connectivity index (χ4n) is 14.2. The van der Waals surface area contributed by atoms with Crippen LogP contribution in [0.4, 0.5) is 0 Å². The Morgan fingerprint density at radius 2 is 1.13 bits per heavy atom. The lowest BCUT2D eigenvalue weighted by Crippen LogP contribution is -2.61. The Hall–Kier alpha value is -3.06. The Morgan fingerprint density at radius 3 is 1.91 bits per heavy atom. The SMILES string of the molecule is c1cc(-c2ccc3oc4c5ccccc5ccc4c3c2)cc(C2CCC3C(C2)C2CCCC4C5CCCCC5C5CCCC3C5C42)c1. The second-order valence-electron chi connectivity index (χ2n) is 17.2. The maximum atomic E-state index is 6.45. The summed E-state index contributed by atoms with van der Waals surface area (Å²) in [7, 11) is 0. The highest BCUT2D eigenvalue weighted by molar-refractivity contribution is 6.15. The van der Waals surface area contributed by atoms with Gasteiger partial charge in [-0.15, -0.1) is 0 Å². The second-order valence-corrected chi connectivity index (χ2v) is 17.2.